The van der Waals surface area contributed by atoms with Crippen LogP contribution in [0.4, 0.5) is 5.69 Å². The predicted molar refractivity (Wildman–Crippen MR) is 69.3 cm³/mol. The van der Waals surface area contributed by atoms with Gasteiger partial charge in [-0.25, -0.2) is 0 Å². The molecule has 2 unspecified atom stereocenters. The largest absolute Gasteiger partial charge is 0.381 e. The Kier molecular flexibility index (Phi) is 3.35. The van der Waals surface area contributed by atoms with Crippen molar-refractivity contribution in [2.45, 2.75) is 39.2 Å². The zero-order chi connectivity index (χ0) is 10.8. The van der Waals surface area contributed by atoms with Gasteiger partial charge in [0.25, 0.3) is 0 Å². The average molecular weight is 268 g/mol. The van der Waals surface area contributed by atoms with Gasteiger partial charge >= 0.3 is 0 Å². The zero-order valence-electron chi connectivity index (χ0n) is 9.39. The molecule has 0 saturated heterocycles. The molecule has 1 aromatic carbocycles. The van der Waals surface area contributed by atoms with Crippen LogP contribution in [-0.4, -0.2) is 6.04 Å². The fraction of sp³-hybridized carbons (Fsp3) is 0.538. The first-order chi connectivity index (χ1) is 7.16. The topological polar surface area (TPSA) is 12.0 Å². The van der Waals surface area contributed by atoms with Crippen LogP contribution < -0.4 is 5.32 Å². The van der Waals surface area contributed by atoms with Gasteiger partial charge in [0.15, 0.2) is 0 Å². The summed E-state index contributed by atoms with van der Waals surface area (Å²) in [6.07, 6.45) is 4.03. The molecule has 1 N–H and O–H groups in total. The van der Waals surface area contributed by atoms with Gasteiger partial charge in [0.05, 0.1) is 0 Å². The molecule has 1 aliphatic rings. The molecule has 2 heteroatoms. The van der Waals surface area contributed by atoms with Crippen LogP contribution in [0.1, 0.15) is 31.7 Å². The van der Waals surface area contributed by atoms with Crippen molar-refractivity contribution in [1.82, 2.24) is 0 Å². The molecule has 82 valence electrons. The second-order valence-electron chi connectivity index (χ2n) is 4.64. The molecule has 0 radical (unpaired) electrons. The first-order valence-corrected chi connectivity index (χ1v) is 6.49. The Morgan fingerprint density at radius 1 is 1.33 bits per heavy atom. The zero-order valence-corrected chi connectivity index (χ0v) is 11.0. The Morgan fingerprint density at radius 3 is 2.80 bits per heavy atom. The summed E-state index contributed by atoms with van der Waals surface area (Å²) in [5, 5.41) is 3.65. The number of aryl methyl sites for hydroxylation is 1. The molecule has 2 atom stereocenters. The lowest BCUT2D eigenvalue weighted by atomic mass is 10.1. The van der Waals surface area contributed by atoms with Crippen LogP contribution in [-0.2, 0) is 0 Å². The first kappa shape index (κ1) is 11.0. The minimum atomic E-state index is 0.656. The molecule has 0 amide bonds. The summed E-state index contributed by atoms with van der Waals surface area (Å²) in [5.74, 6) is 0.803. The molecule has 15 heavy (non-hydrogen) atoms. The number of rotatable bonds is 2. The Bertz CT molecular complexity index is 348. The summed E-state index contributed by atoms with van der Waals surface area (Å²) >= 11 is 3.60. The Morgan fingerprint density at radius 2 is 2.13 bits per heavy atom. The molecule has 0 heterocycles. The van der Waals surface area contributed by atoms with Gasteiger partial charge in [-0.2, -0.15) is 0 Å². The quantitative estimate of drug-likeness (QED) is 0.840. The van der Waals surface area contributed by atoms with E-state index in [0.717, 1.165) is 5.92 Å². The Labute approximate surface area is 100 Å². The van der Waals surface area contributed by atoms with Crippen LogP contribution in [0.3, 0.4) is 0 Å². The van der Waals surface area contributed by atoms with Gasteiger partial charge in [0.2, 0.25) is 0 Å². The summed E-state index contributed by atoms with van der Waals surface area (Å²) in [7, 11) is 0. The van der Waals surface area contributed by atoms with E-state index < -0.39 is 0 Å². The predicted octanol–water partition coefficient (Wildman–Crippen LogP) is 4.36. The lowest BCUT2D eigenvalue weighted by Crippen LogP contribution is -2.21. The second-order valence-corrected chi connectivity index (χ2v) is 5.50. The summed E-state index contributed by atoms with van der Waals surface area (Å²) in [5.41, 5.74) is 2.56. The third kappa shape index (κ3) is 2.54. The van der Waals surface area contributed by atoms with Gasteiger partial charge in [-0.05, 0) is 59.3 Å². The second kappa shape index (κ2) is 4.56. The smallest absolute Gasteiger partial charge is 0.0489 e. The van der Waals surface area contributed by atoms with Gasteiger partial charge in [-0.3, -0.25) is 0 Å². The molecular weight excluding hydrogens is 250 g/mol. The number of halogens is 1. The highest BCUT2D eigenvalue weighted by atomic mass is 79.9. The summed E-state index contributed by atoms with van der Waals surface area (Å²) < 4.78 is 1.17. The van der Waals surface area contributed by atoms with Crippen LogP contribution >= 0.6 is 15.9 Å². The average Bonchev–Trinajstić information content (AvgIpc) is 2.58. The van der Waals surface area contributed by atoms with Crippen molar-refractivity contribution in [2.75, 3.05) is 5.32 Å². The molecule has 0 bridgehead atoms. The molecule has 0 spiro atoms. The van der Waals surface area contributed by atoms with E-state index in [1.165, 1.54) is 35.0 Å². The Hall–Kier alpha value is -0.500. The van der Waals surface area contributed by atoms with Crippen LogP contribution in [0.5, 0.6) is 0 Å². The van der Waals surface area contributed by atoms with E-state index in [0.29, 0.717) is 6.04 Å². The lowest BCUT2D eigenvalue weighted by molar-refractivity contribution is 0.556. The molecule has 1 nitrogen and oxygen atoms in total. The van der Waals surface area contributed by atoms with E-state index in [4.69, 9.17) is 0 Å². The van der Waals surface area contributed by atoms with E-state index in [1.54, 1.807) is 0 Å². The third-order valence-electron chi connectivity index (χ3n) is 3.32. The molecule has 1 aliphatic carbocycles. The summed E-state index contributed by atoms with van der Waals surface area (Å²) in [6.45, 7) is 4.48. The van der Waals surface area contributed by atoms with Gasteiger partial charge in [0.1, 0.15) is 0 Å². The maximum Gasteiger partial charge on any atom is 0.0489 e. The number of hydrogen-bond donors (Lipinski definition) is 1. The Balaban J connectivity index is 2.12. The van der Waals surface area contributed by atoms with Crippen molar-refractivity contribution < 1.29 is 0 Å². The number of nitrogens with one attached hydrogen (secondary N) is 1. The van der Waals surface area contributed by atoms with Crippen molar-refractivity contribution >= 4 is 21.6 Å². The van der Waals surface area contributed by atoms with Crippen molar-refractivity contribution in [2.24, 2.45) is 5.92 Å². The fourth-order valence-electron chi connectivity index (χ4n) is 2.31. The van der Waals surface area contributed by atoms with Gasteiger partial charge in [-0.15, -0.1) is 0 Å². The van der Waals surface area contributed by atoms with Crippen LogP contribution in [0, 0.1) is 12.8 Å². The highest BCUT2D eigenvalue weighted by Crippen LogP contribution is 2.31. The number of hydrogen-bond acceptors (Lipinski definition) is 1. The molecule has 0 aliphatic heterocycles. The molecule has 0 aromatic heterocycles. The minimum Gasteiger partial charge on any atom is -0.381 e. The highest BCUT2D eigenvalue weighted by molar-refractivity contribution is 9.10. The van der Waals surface area contributed by atoms with Crippen LogP contribution in [0.25, 0.3) is 0 Å². The number of benzene rings is 1. The monoisotopic (exact) mass is 267 g/mol. The summed E-state index contributed by atoms with van der Waals surface area (Å²) in [6, 6.07) is 7.13. The normalized spacial score (nSPS) is 25.5. The summed E-state index contributed by atoms with van der Waals surface area (Å²) in [4.78, 5) is 0. The maximum atomic E-state index is 3.65. The van der Waals surface area contributed by atoms with Crippen LogP contribution in [0.2, 0.25) is 0 Å². The molecular formula is C13H18BrN. The maximum absolute atomic E-state index is 3.65. The lowest BCUT2D eigenvalue weighted by Gasteiger charge is -2.20. The van der Waals surface area contributed by atoms with Gasteiger partial charge in [0, 0.05) is 16.2 Å². The number of anilines is 1. The third-order valence-corrected chi connectivity index (χ3v) is 4.02. The van der Waals surface area contributed by atoms with E-state index in [-0.39, 0.29) is 0 Å². The first-order valence-electron chi connectivity index (χ1n) is 5.69. The molecule has 2 rings (SSSR count). The molecule has 1 saturated carbocycles. The van der Waals surface area contributed by atoms with E-state index in [9.17, 15) is 0 Å². The van der Waals surface area contributed by atoms with E-state index in [1.807, 2.05) is 0 Å². The minimum absolute atomic E-state index is 0.656. The fourth-order valence-corrected chi connectivity index (χ4v) is 2.67. The molecule has 1 aromatic rings. The van der Waals surface area contributed by atoms with E-state index >= 15 is 0 Å². The van der Waals surface area contributed by atoms with Crippen molar-refractivity contribution in [3.8, 4) is 0 Å². The molecule has 1 fully saturated rings. The van der Waals surface area contributed by atoms with Gasteiger partial charge in [-0.1, -0.05) is 19.4 Å². The standard InChI is InChI=1S/C13H18BrN/c1-9-6-7-11(14)13(8-9)15-12-5-3-4-10(12)2/h6-8,10,12,15H,3-5H2,1-2H3. The van der Waals surface area contributed by atoms with E-state index in [2.05, 4.69) is 53.3 Å². The van der Waals surface area contributed by atoms with Gasteiger partial charge < -0.3 is 5.32 Å². The SMILES string of the molecule is Cc1ccc(Br)c(NC2CCCC2C)c1. The highest BCUT2D eigenvalue weighted by Gasteiger charge is 2.23. The van der Waals surface area contributed by atoms with Crippen LogP contribution in [0.15, 0.2) is 22.7 Å². The van der Waals surface area contributed by atoms with Crippen molar-refractivity contribution in [3.05, 3.63) is 28.2 Å². The van der Waals surface area contributed by atoms with Crippen molar-refractivity contribution in [3.63, 3.8) is 0 Å². The van der Waals surface area contributed by atoms with Crippen molar-refractivity contribution in [1.29, 1.82) is 0 Å².